The molecule has 0 heterocycles. The topological polar surface area (TPSA) is 26.3 Å². The van der Waals surface area contributed by atoms with Crippen molar-refractivity contribution in [2.45, 2.75) is 104 Å². The van der Waals surface area contributed by atoms with E-state index in [1.165, 1.54) is 44.1 Å². The van der Waals surface area contributed by atoms with Crippen LogP contribution in [0.4, 0.5) is 0 Å². The monoisotopic (exact) mass is 402 g/mol. The highest BCUT2D eigenvalue weighted by Crippen LogP contribution is 2.63. The smallest absolute Gasteiger partial charge is 0.192 e. The molecule has 4 aliphatic rings. The van der Waals surface area contributed by atoms with Gasteiger partial charge in [-0.3, -0.25) is 4.79 Å². The van der Waals surface area contributed by atoms with Crippen molar-refractivity contribution in [2.75, 3.05) is 0 Å². The van der Waals surface area contributed by atoms with Crippen molar-refractivity contribution < 1.29 is 9.22 Å². The molecule has 7 atom stereocenters. The predicted octanol–water partition coefficient (Wildman–Crippen LogP) is 6.76. The normalized spacial score (nSPS) is 43.8. The summed E-state index contributed by atoms with van der Waals surface area (Å²) in [6, 6.07) is 0. The number of fused-ring (bicyclic) bond motifs is 5. The van der Waals surface area contributed by atoms with Gasteiger partial charge in [-0.15, -0.1) is 0 Å². The van der Waals surface area contributed by atoms with Crippen molar-refractivity contribution in [3.05, 3.63) is 11.6 Å². The van der Waals surface area contributed by atoms with Crippen LogP contribution in [-0.2, 0) is 9.22 Å². The van der Waals surface area contributed by atoms with E-state index in [2.05, 4.69) is 47.7 Å². The lowest BCUT2D eigenvalue weighted by Crippen LogP contribution is -2.52. The van der Waals surface area contributed by atoms with Crippen molar-refractivity contribution >= 4 is 14.1 Å². The fraction of sp³-hybridized carbons (Fsp3) is 0.880. The summed E-state index contributed by atoms with van der Waals surface area (Å²) in [5.41, 5.74) is 1.87. The standard InChI is InChI=1S/C25H42O2Si/c1-16-14-20-17(15-22(16)26)8-9-19-18(20)12-13-25(5)21(19)10-11-23(25)27-28(6,7)24(2,3)4/h15-16,18-21,23H,8-14H2,1-7H3/t16?,18-,19+,20-,21-,23-,25-/m0/s1. The van der Waals surface area contributed by atoms with E-state index >= 15 is 0 Å². The maximum atomic E-state index is 12.2. The molecule has 0 spiro atoms. The number of rotatable bonds is 2. The number of carbonyl (C=O) groups is 1. The Kier molecular flexibility index (Phi) is 5.06. The van der Waals surface area contributed by atoms with Crippen LogP contribution in [0.1, 0.15) is 79.6 Å². The Morgan fingerprint density at radius 3 is 2.50 bits per heavy atom. The second-order valence-electron chi connectivity index (χ2n) is 12.3. The summed E-state index contributed by atoms with van der Waals surface area (Å²) in [4.78, 5) is 12.2. The van der Waals surface area contributed by atoms with Gasteiger partial charge in [0.15, 0.2) is 14.1 Å². The van der Waals surface area contributed by atoms with Gasteiger partial charge in [-0.05, 0) is 98.2 Å². The highest BCUT2D eigenvalue weighted by atomic mass is 28.4. The van der Waals surface area contributed by atoms with Crippen molar-refractivity contribution in [1.82, 2.24) is 0 Å². The molecule has 0 amide bonds. The SMILES string of the molecule is CC1C[C@H]2C(=CC1=O)CC[C@@H]1[C@@H]2CC[C@]2(C)[C@@H](O[Si](C)(C)C(C)(C)C)CC[C@@H]12. The first-order chi connectivity index (χ1) is 12.9. The zero-order valence-corrected chi connectivity index (χ0v) is 20.3. The molecule has 0 aliphatic heterocycles. The minimum atomic E-state index is -1.73. The quantitative estimate of drug-likeness (QED) is 0.477. The Balaban J connectivity index is 1.54. The van der Waals surface area contributed by atoms with E-state index in [4.69, 9.17) is 4.43 Å². The first kappa shape index (κ1) is 20.8. The maximum absolute atomic E-state index is 12.2. The number of hydrogen-bond donors (Lipinski definition) is 0. The van der Waals surface area contributed by atoms with Crippen LogP contribution < -0.4 is 0 Å². The number of allylic oxidation sites excluding steroid dienone is 1. The molecule has 158 valence electrons. The molecule has 1 unspecified atom stereocenters. The van der Waals surface area contributed by atoms with E-state index in [1.807, 2.05) is 6.08 Å². The summed E-state index contributed by atoms with van der Waals surface area (Å²) >= 11 is 0. The highest BCUT2D eigenvalue weighted by molar-refractivity contribution is 6.74. The van der Waals surface area contributed by atoms with Gasteiger partial charge in [0.2, 0.25) is 0 Å². The molecule has 4 aliphatic carbocycles. The second-order valence-corrected chi connectivity index (χ2v) is 17.1. The van der Waals surface area contributed by atoms with Crippen LogP contribution in [0.5, 0.6) is 0 Å². The molecule has 0 aromatic rings. The third kappa shape index (κ3) is 3.19. The molecule has 28 heavy (non-hydrogen) atoms. The summed E-state index contributed by atoms with van der Waals surface area (Å²) < 4.78 is 7.04. The van der Waals surface area contributed by atoms with Crippen LogP contribution in [0.2, 0.25) is 18.1 Å². The fourth-order valence-corrected chi connectivity index (χ4v) is 8.48. The molecule has 2 nitrogen and oxygen atoms in total. The van der Waals surface area contributed by atoms with E-state index in [0.29, 0.717) is 23.2 Å². The molecule has 0 N–H and O–H groups in total. The summed E-state index contributed by atoms with van der Waals surface area (Å²) in [7, 11) is -1.73. The third-order valence-corrected chi connectivity index (χ3v) is 14.3. The second kappa shape index (κ2) is 6.80. The Morgan fingerprint density at radius 2 is 1.82 bits per heavy atom. The lowest BCUT2D eigenvalue weighted by Gasteiger charge is -2.55. The molecule has 0 aromatic heterocycles. The molecule has 0 saturated heterocycles. The Hall–Kier alpha value is -0.413. The van der Waals surface area contributed by atoms with Gasteiger partial charge >= 0.3 is 0 Å². The zero-order valence-electron chi connectivity index (χ0n) is 19.3. The fourth-order valence-electron chi connectivity index (χ4n) is 7.03. The Bertz CT molecular complexity index is 673. The minimum absolute atomic E-state index is 0.235. The first-order valence-corrected chi connectivity index (χ1v) is 14.8. The van der Waals surface area contributed by atoms with Gasteiger partial charge in [-0.1, -0.05) is 40.2 Å². The molecule has 0 bridgehead atoms. The van der Waals surface area contributed by atoms with Gasteiger partial charge in [0.25, 0.3) is 0 Å². The molecule has 4 rings (SSSR count). The largest absolute Gasteiger partial charge is 0.413 e. The summed E-state index contributed by atoms with van der Waals surface area (Å²) in [6.07, 6.45) is 11.4. The third-order valence-electron chi connectivity index (χ3n) is 9.83. The van der Waals surface area contributed by atoms with Crippen LogP contribution in [0.15, 0.2) is 11.6 Å². The Labute approximate surface area is 174 Å². The number of carbonyl (C=O) groups excluding carboxylic acids is 1. The van der Waals surface area contributed by atoms with E-state index in [1.54, 1.807) is 0 Å². The van der Waals surface area contributed by atoms with Gasteiger partial charge in [0, 0.05) is 5.92 Å². The lowest BCUT2D eigenvalue weighted by molar-refractivity contribution is -0.119. The average molecular weight is 403 g/mol. The van der Waals surface area contributed by atoms with Crippen LogP contribution in [0.25, 0.3) is 0 Å². The molecular formula is C25H42O2Si. The zero-order chi connectivity index (χ0) is 20.5. The van der Waals surface area contributed by atoms with E-state index < -0.39 is 8.32 Å². The molecular weight excluding hydrogens is 360 g/mol. The highest BCUT2D eigenvalue weighted by Gasteiger charge is 2.58. The van der Waals surface area contributed by atoms with E-state index in [-0.39, 0.29) is 11.0 Å². The molecule has 3 heteroatoms. The summed E-state index contributed by atoms with van der Waals surface area (Å²) in [5, 5.41) is 0.286. The molecule has 0 radical (unpaired) electrons. The van der Waals surface area contributed by atoms with Gasteiger partial charge in [0.1, 0.15) is 0 Å². The van der Waals surface area contributed by atoms with Crippen molar-refractivity contribution in [1.29, 1.82) is 0 Å². The predicted molar refractivity (Wildman–Crippen MR) is 119 cm³/mol. The molecule has 0 aromatic carbocycles. The van der Waals surface area contributed by atoms with Gasteiger partial charge in [-0.25, -0.2) is 0 Å². The van der Waals surface area contributed by atoms with Crippen LogP contribution in [0, 0.1) is 35.0 Å². The number of hydrogen-bond acceptors (Lipinski definition) is 2. The average Bonchev–Trinajstić information content (AvgIpc) is 2.91. The van der Waals surface area contributed by atoms with Gasteiger partial charge in [0.05, 0.1) is 6.10 Å². The summed E-state index contributed by atoms with van der Waals surface area (Å²) in [5.74, 6) is 3.81. The van der Waals surface area contributed by atoms with Crippen molar-refractivity contribution in [3.8, 4) is 0 Å². The van der Waals surface area contributed by atoms with Crippen molar-refractivity contribution in [2.24, 2.45) is 35.0 Å². The summed E-state index contributed by atoms with van der Waals surface area (Å²) in [6.45, 7) is 16.7. The lowest BCUT2D eigenvalue weighted by atomic mass is 9.51. The van der Waals surface area contributed by atoms with E-state index in [9.17, 15) is 4.79 Å². The molecule has 3 saturated carbocycles. The van der Waals surface area contributed by atoms with Gasteiger partial charge < -0.3 is 4.43 Å². The molecule has 3 fully saturated rings. The maximum Gasteiger partial charge on any atom is 0.192 e. The Morgan fingerprint density at radius 1 is 1.11 bits per heavy atom. The first-order valence-electron chi connectivity index (χ1n) is 11.9. The number of ketones is 1. The van der Waals surface area contributed by atoms with E-state index in [0.717, 1.165) is 24.2 Å². The van der Waals surface area contributed by atoms with Crippen LogP contribution in [-0.4, -0.2) is 20.2 Å². The minimum Gasteiger partial charge on any atom is -0.413 e. The van der Waals surface area contributed by atoms with Crippen LogP contribution >= 0.6 is 0 Å². The van der Waals surface area contributed by atoms with Crippen molar-refractivity contribution in [3.63, 3.8) is 0 Å². The van der Waals surface area contributed by atoms with Gasteiger partial charge in [-0.2, -0.15) is 0 Å². The van der Waals surface area contributed by atoms with Crippen LogP contribution in [0.3, 0.4) is 0 Å².